The quantitative estimate of drug-likeness (QED) is 0.127. The van der Waals surface area contributed by atoms with E-state index in [0.29, 0.717) is 27.6 Å². The molecule has 2 aromatic rings. The highest BCUT2D eigenvalue weighted by Gasteiger charge is 2.27. The summed E-state index contributed by atoms with van der Waals surface area (Å²) in [5.41, 5.74) is 1.64. The van der Waals surface area contributed by atoms with Crippen LogP contribution in [0.2, 0.25) is 0 Å². The average Bonchev–Trinajstić information content (AvgIpc) is 2.90. The summed E-state index contributed by atoms with van der Waals surface area (Å²) in [5.74, 6) is 0.228. The van der Waals surface area contributed by atoms with Gasteiger partial charge in [-0.2, -0.15) is 0 Å². The first kappa shape index (κ1) is 30.6. The lowest BCUT2D eigenvalue weighted by Crippen LogP contribution is -2.17. The molecule has 7 nitrogen and oxygen atoms in total. The average molecular weight is 879 g/mol. The highest BCUT2D eigenvalue weighted by Crippen LogP contribution is 2.44. The van der Waals surface area contributed by atoms with Gasteiger partial charge < -0.3 is 19.1 Å². The molecule has 0 unspecified atom stereocenters. The number of phenolic OH excluding ortho intramolecular Hbond substituents is 1. The number of carbonyl (C=O) groups is 1. The van der Waals surface area contributed by atoms with E-state index in [2.05, 4.69) is 0 Å². The van der Waals surface area contributed by atoms with E-state index in [0.717, 1.165) is 69.8 Å². The van der Waals surface area contributed by atoms with Crippen molar-refractivity contribution >= 4 is 83.9 Å². The molecule has 11 heteroatoms. The van der Waals surface area contributed by atoms with Crippen LogP contribution in [0.1, 0.15) is 97.5 Å². The van der Waals surface area contributed by atoms with Gasteiger partial charge in [-0.1, -0.05) is 38.5 Å². The van der Waals surface area contributed by atoms with E-state index < -0.39 is 16.1 Å². The van der Waals surface area contributed by atoms with Crippen LogP contribution in [0.5, 0.6) is 11.5 Å². The summed E-state index contributed by atoms with van der Waals surface area (Å²) in [7, 11) is -4.64. The molecule has 2 aliphatic carbocycles. The third-order valence-electron chi connectivity index (χ3n) is 7.43. The Hall–Kier alpha value is -0.390. The van der Waals surface area contributed by atoms with E-state index in [1.165, 1.54) is 0 Å². The molecule has 0 heterocycles. The van der Waals surface area contributed by atoms with Crippen molar-refractivity contribution in [3.05, 3.63) is 45.6 Å². The summed E-state index contributed by atoms with van der Waals surface area (Å²) in [6, 6.07) is 5.07. The zero-order chi connectivity index (χ0) is 27.4. The molecular weight excluding hydrogens is 849 g/mol. The van der Waals surface area contributed by atoms with Crippen LogP contribution in [0.15, 0.2) is 23.1 Å². The summed E-state index contributed by atoms with van der Waals surface area (Å²) in [4.78, 5) is 12.7. The molecule has 2 fully saturated rings. The first-order valence-corrected chi connectivity index (χ1v) is 17.5. The molecule has 0 aliphatic heterocycles. The summed E-state index contributed by atoms with van der Waals surface area (Å²) >= 11 is 6.00. The van der Waals surface area contributed by atoms with Gasteiger partial charge in [0.05, 0.1) is 17.6 Å². The Morgan fingerprint density at radius 3 is 2.03 bits per heavy atom. The van der Waals surface area contributed by atoms with Gasteiger partial charge in [-0.25, -0.2) is 13.2 Å². The summed E-state index contributed by atoms with van der Waals surface area (Å²) in [5, 5.41) is 10.2. The minimum absolute atomic E-state index is 0.0117. The van der Waals surface area contributed by atoms with Gasteiger partial charge in [-0.05, 0) is 135 Å². The zero-order valence-corrected chi connectivity index (χ0v) is 28.1. The topological polar surface area (TPSA) is 113 Å². The van der Waals surface area contributed by atoms with Gasteiger partial charge >= 0.3 is 5.97 Å². The van der Waals surface area contributed by atoms with Crippen molar-refractivity contribution in [2.75, 3.05) is 13.2 Å². The Morgan fingerprint density at radius 2 is 1.45 bits per heavy atom. The van der Waals surface area contributed by atoms with Crippen molar-refractivity contribution in [1.82, 2.24) is 0 Å². The van der Waals surface area contributed by atoms with Gasteiger partial charge in [0.2, 0.25) is 0 Å². The molecule has 2 aromatic carbocycles. The van der Waals surface area contributed by atoms with Crippen LogP contribution in [-0.2, 0) is 14.9 Å². The van der Waals surface area contributed by atoms with Gasteiger partial charge in [-0.3, -0.25) is 0 Å². The van der Waals surface area contributed by atoms with Crippen molar-refractivity contribution in [1.29, 1.82) is 0 Å². The van der Waals surface area contributed by atoms with Crippen LogP contribution in [0.3, 0.4) is 0 Å². The maximum absolute atomic E-state index is 12.8. The Labute approximate surface area is 265 Å². The van der Waals surface area contributed by atoms with Crippen molar-refractivity contribution in [3.8, 4) is 11.5 Å². The second-order valence-electron chi connectivity index (χ2n) is 9.91. The van der Waals surface area contributed by atoms with Gasteiger partial charge in [0, 0.05) is 3.57 Å². The largest absolute Gasteiger partial charge is 0.744 e. The minimum Gasteiger partial charge on any atom is -0.744 e. The lowest BCUT2D eigenvalue weighted by atomic mass is 9.80. The minimum atomic E-state index is -4.64. The van der Waals surface area contributed by atoms with Gasteiger partial charge in [0.15, 0.2) is 0 Å². The van der Waals surface area contributed by atoms with Gasteiger partial charge in [0.1, 0.15) is 34.8 Å². The van der Waals surface area contributed by atoms with E-state index >= 15 is 0 Å². The molecule has 208 valence electrons. The molecule has 0 aromatic heterocycles. The van der Waals surface area contributed by atoms with Crippen LogP contribution in [0, 0.1) is 10.7 Å². The van der Waals surface area contributed by atoms with E-state index in [-0.39, 0.29) is 35.7 Å². The van der Waals surface area contributed by atoms with Crippen LogP contribution in [-0.4, -0.2) is 37.3 Å². The Kier molecular flexibility index (Phi) is 10.9. The van der Waals surface area contributed by atoms with E-state index in [1.807, 2.05) is 67.8 Å². The Bertz CT molecular complexity index is 1280. The molecule has 0 bridgehead atoms. The number of carbonyl (C=O) groups excluding carboxylic acids is 1. The highest BCUT2D eigenvalue weighted by molar-refractivity contribution is 14.1. The molecule has 0 saturated heterocycles. The van der Waals surface area contributed by atoms with Gasteiger partial charge in [0.25, 0.3) is 0 Å². The monoisotopic (exact) mass is 879 g/mol. The lowest BCUT2D eigenvalue weighted by Gasteiger charge is -2.29. The molecule has 2 aliphatic rings. The van der Waals surface area contributed by atoms with Crippen molar-refractivity contribution in [2.45, 2.75) is 80.9 Å². The maximum atomic E-state index is 12.8. The van der Waals surface area contributed by atoms with Crippen molar-refractivity contribution in [2.24, 2.45) is 0 Å². The second-order valence-corrected chi connectivity index (χ2v) is 14.7. The number of rotatable bonds is 8. The lowest BCUT2D eigenvalue weighted by molar-refractivity contribution is 0.0446. The molecule has 4 rings (SSSR count). The molecular formula is C27H30I3O7S-. The highest BCUT2D eigenvalue weighted by atomic mass is 127. The number of hydrogen-bond donors (Lipinski definition) is 1. The summed E-state index contributed by atoms with van der Waals surface area (Å²) in [6.07, 6.45) is 9.89. The number of esters is 1. The molecule has 2 saturated carbocycles. The van der Waals surface area contributed by atoms with Crippen LogP contribution in [0.25, 0.3) is 0 Å². The first-order chi connectivity index (χ1) is 18.1. The molecule has 0 atom stereocenters. The fourth-order valence-corrected chi connectivity index (χ4v) is 10.1. The smallest absolute Gasteiger partial charge is 0.340 e. The van der Waals surface area contributed by atoms with Crippen LogP contribution < -0.4 is 4.74 Å². The normalized spacial score (nSPS) is 17.4. The number of ether oxygens (including phenoxy) is 2. The second kappa shape index (κ2) is 13.5. The number of hydrogen-bond acceptors (Lipinski definition) is 7. The molecule has 0 radical (unpaired) electrons. The van der Waals surface area contributed by atoms with E-state index in [9.17, 15) is 22.9 Å². The fourth-order valence-electron chi connectivity index (χ4n) is 5.52. The molecule has 0 amide bonds. The van der Waals surface area contributed by atoms with Crippen molar-refractivity contribution < 1.29 is 32.3 Å². The maximum Gasteiger partial charge on any atom is 0.340 e. The first-order valence-electron chi connectivity index (χ1n) is 12.9. The predicted octanol–water partition coefficient (Wildman–Crippen LogP) is 7.44. The van der Waals surface area contributed by atoms with Crippen molar-refractivity contribution in [3.63, 3.8) is 0 Å². The molecule has 0 spiro atoms. The molecule has 38 heavy (non-hydrogen) atoms. The Balaban J connectivity index is 1.57. The summed E-state index contributed by atoms with van der Waals surface area (Å²) in [6.45, 7) is 0.0742. The Morgan fingerprint density at radius 1 is 0.868 bits per heavy atom. The third-order valence-corrected chi connectivity index (χ3v) is 11.0. The predicted molar refractivity (Wildman–Crippen MR) is 168 cm³/mol. The van der Waals surface area contributed by atoms with E-state index in [1.54, 1.807) is 18.2 Å². The standard InChI is InChI=1S/C27H31I3O7S/c28-20-15-21(29)26(31)25(30)24(20)27(32)37-12-11-36-22-13-19(17-9-5-2-6-10-17)23(38(33,34)35)14-18(22)16-7-3-1-4-8-16/h13-17,31H,1-12H2,(H,33,34,35)/p-1. The summed E-state index contributed by atoms with van der Waals surface area (Å²) < 4.78 is 50.4. The number of phenols is 1. The number of aromatic hydroxyl groups is 1. The fraction of sp³-hybridized carbons (Fsp3) is 0.519. The SMILES string of the molecule is O=C(OCCOc1cc(C2CCCCC2)c(S(=O)(=O)[O-])cc1C1CCCCC1)c1c(I)cc(I)c(O)c1I. The number of halogens is 3. The third kappa shape index (κ3) is 7.27. The zero-order valence-electron chi connectivity index (χ0n) is 20.8. The van der Waals surface area contributed by atoms with Crippen LogP contribution in [0.4, 0.5) is 0 Å². The van der Waals surface area contributed by atoms with Crippen LogP contribution >= 0.6 is 67.8 Å². The number of benzene rings is 2. The molecule has 1 N–H and O–H groups in total. The van der Waals surface area contributed by atoms with Gasteiger partial charge in [-0.15, -0.1) is 0 Å². The van der Waals surface area contributed by atoms with E-state index in [4.69, 9.17) is 9.47 Å².